The summed E-state index contributed by atoms with van der Waals surface area (Å²) < 4.78 is 0. The van der Waals surface area contributed by atoms with Gasteiger partial charge in [0.25, 0.3) is 0 Å². The molecular weight excluding hydrogens is 124 g/mol. The number of hydrogen-bond acceptors (Lipinski definition) is 3. The second-order valence-corrected chi connectivity index (χ2v) is 2.02. The van der Waals surface area contributed by atoms with Gasteiger partial charge in [-0.1, -0.05) is 0 Å². The Bertz CT molecular complexity index is 266. The van der Waals surface area contributed by atoms with E-state index in [1.165, 1.54) is 0 Å². The molecule has 4 heteroatoms. The molecule has 1 heterocycles. The number of H-pyrrole nitrogens is 1. The molecule has 0 aliphatic heterocycles. The van der Waals surface area contributed by atoms with Gasteiger partial charge in [0.05, 0.1) is 0 Å². The Morgan fingerprint density at radius 2 is 2.62 bits per heavy atom. The van der Waals surface area contributed by atoms with E-state index in [0.29, 0.717) is 5.01 Å². The molecule has 0 unspecified atom stereocenters. The monoisotopic (exact) mass is 126 g/mol. The molecule has 1 rings (SSSR count). The third-order valence-corrected chi connectivity index (χ3v) is 1.24. The summed E-state index contributed by atoms with van der Waals surface area (Å²) in [6.07, 6.45) is 4.90. The molecule has 1 aromatic heterocycles. The molecule has 0 amide bonds. The first-order valence-corrected chi connectivity index (χ1v) is 2.66. The van der Waals surface area contributed by atoms with Crippen molar-refractivity contribution in [2.75, 3.05) is 0 Å². The normalized spacial score (nSPS) is 8.38. The summed E-state index contributed by atoms with van der Waals surface area (Å²) in [4.78, 5) is 10.0. The lowest BCUT2D eigenvalue weighted by molar-refractivity contribution is 1.05. The van der Waals surface area contributed by atoms with E-state index in [1.807, 2.05) is 0 Å². The fourth-order valence-corrected chi connectivity index (χ4v) is 0.709. The van der Waals surface area contributed by atoms with Crippen LogP contribution in [-0.2, 0) is 0 Å². The summed E-state index contributed by atoms with van der Waals surface area (Å²) in [6.45, 7) is 0. The molecule has 0 aromatic carbocycles. The zero-order valence-corrected chi connectivity index (χ0v) is 4.66. The number of nitrogens with zero attached hydrogens (tertiary/aromatic N) is 1. The van der Waals surface area contributed by atoms with Crippen LogP contribution >= 0.6 is 11.3 Å². The Kier molecular flexibility index (Phi) is 1.14. The minimum atomic E-state index is -0.210. The third-order valence-electron chi connectivity index (χ3n) is 0.562. The topological polar surface area (TPSA) is 45.8 Å². The molecule has 40 valence electrons. The van der Waals surface area contributed by atoms with Gasteiger partial charge in [0.15, 0.2) is 5.01 Å². The van der Waals surface area contributed by atoms with Gasteiger partial charge in [-0.15, -0.1) is 6.42 Å². The fourth-order valence-electron chi connectivity index (χ4n) is 0.292. The highest BCUT2D eigenvalue weighted by molar-refractivity contribution is 7.09. The van der Waals surface area contributed by atoms with Gasteiger partial charge in [0.1, 0.15) is 0 Å². The van der Waals surface area contributed by atoms with Gasteiger partial charge in [-0.05, 0) is 17.3 Å². The highest BCUT2D eigenvalue weighted by Gasteiger charge is 1.89. The van der Waals surface area contributed by atoms with Crippen molar-refractivity contribution in [1.82, 2.24) is 10.2 Å². The average Bonchev–Trinajstić information content (AvgIpc) is 2.14. The van der Waals surface area contributed by atoms with Crippen LogP contribution in [0.1, 0.15) is 5.01 Å². The van der Waals surface area contributed by atoms with E-state index in [-0.39, 0.29) is 4.87 Å². The lowest BCUT2D eigenvalue weighted by Gasteiger charge is -1.63. The number of hydrogen-bond donors (Lipinski definition) is 1. The number of terminal acetylenes is 1. The molecule has 0 atom stereocenters. The minimum Gasteiger partial charge on any atom is -0.255 e. The van der Waals surface area contributed by atoms with Crippen LogP contribution in [0.5, 0.6) is 0 Å². The Hall–Kier alpha value is -1.08. The first kappa shape index (κ1) is 5.06. The molecule has 0 aliphatic carbocycles. The zero-order chi connectivity index (χ0) is 5.98. The van der Waals surface area contributed by atoms with E-state index in [4.69, 9.17) is 6.42 Å². The van der Waals surface area contributed by atoms with Gasteiger partial charge in [-0.25, -0.2) is 5.10 Å². The third kappa shape index (κ3) is 0.768. The van der Waals surface area contributed by atoms with Crippen LogP contribution in [0.4, 0.5) is 0 Å². The molecule has 0 aliphatic rings. The van der Waals surface area contributed by atoms with Crippen molar-refractivity contribution < 1.29 is 0 Å². The lowest BCUT2D eigenvalue weighted by atomic mass is 10.8. The van der Waals surface area contributed by atoms with Crippen LogP contribution in [0.2, 0.25) is 0 Å². The Labute approximate surface area is 49.4 Å². The predicted molar refractivity (Wildman–Crippen MR) is 30.7 cm³/mol. The van der Waals surface area contributed by atoms with Crippen molar-refractivity contribution in [3.63, 3.8) is 0 Å². The fraction of sp³-hybridized carbons (Fsp3) is 0. The summed E-state index contributed by atoms with van der Waals surface area (Å²) >= 11 is 0.929. The maximum Gasteiger partial charge on any atom is 0.323 e. The summed E-state index contributed by atoms with van der Waals surface area (Å²) in [5.41, 5.74) is 0. The van der Waals surface area contributed by atoms with Gasteiger partial charge >= 0.3 is 4.87 Å². The van der Waals surface area contributed by atoms with E-state index in [0.717, 1.165) is 11.3 Å². The average molecular weight is 126 g/mol. The van der Waals surface area contributed by atoms with Gasteiger partial charge in [0.2, 0.25) is 0 Å². The van der Waals surface area contributed by atoms with Gasteiger partial charge in [0, 0.05) is 0 Å². The SMILES string of the molecule is C#Cc1n[nH]c(=O)s1. The van der Waals surface area contributed by atoms with E-state index in [1.54, 1.807) is 0 Å². The summed E-state index contributed by atoms with van der Waals surface area (Å²) in [5.74, 6) is 2.22. The predicted octanol–water partition coefficient (Wildman–Crippen LogP) is -0.187. The van der Waals surface area contributed by atoms with Gasteiger partial charge < -0.3 is 0 Å². The van der Waals surface area contributed by atoms with E-state index in [2.05, 4.69) is 16.1 Å². The maximum absolute atomic E-state index is 10.3. The van der Waals surface area contributed by atoms with Crippen LogP contribution in [0.15, 0.2) is 4.79 Å². The molecule has 0 saturated heterocycles. The van der Waals surface area contributed by atoms with Crippen molar-refractivity contribution in [2.24, 2.45) is 0 Å². The Morgan fingerprint density at radius 1 is 1.88 bits per heavy atom. The largest absolute Gasteiger partial charge is 0.323 e. The Morgan fingerprint density at radius 3 is 2.88 bits per heavy atom. The highest BCUT2D eigenvalue weighted by atomic mass is 32.1. The first-order chi connectivity index (χ1) is 3.83. The molecule has 0 radical (unpaired) electrons. The lowest BCUT2D eigenvalue weighted by Crippen LogP contribution is -1.90. The molecule has 1 N–H and O–H groups in total. The van der Waals surface area contributed by atoms with Crippen molar-refractivity contribution in [1.29, 1.82) is 0 Å². The molecule has 0 bridgehead atoms. The highest BCUT2D eigenvalue weighted by Crippen LogP contribution is 1.89. The standard InChI is InChI=1S/C4H2N2OS/c1-2-3-5-6-4(7)8-3/h1H,(H,6,7). The molecule has 3 nitrogen and oxygen atoms in total. The number of aromatic nitrogens is 2. The summed E-state index contributed by atoms with van der Waals surface area (Å²) in [7, 11) is 0. The van der Waals surface area contributed by atoms with Crippen molar-refractivity contribution in [2.45, 2.75) is 0 Å². The van der Waals surface area contributed by atoms with Crippen molar-refractivity contribution in [3.8, 4) is 12.3 Å². The zero-order valence-electron chi connectivity index (χ0n) is 3.84. The van der Waals surface area contributed by atoms with Crippen LogP contribution < -0.4 is 4.87 Å². The number of rotatable bonds is 0. The molecule has 0 spiro atoms. The molecular formula is C4H2N2OS. The minimum absolute atomic E-state index is 0.210. The van der Waals surface area contributed by atoms with E-state index in [9.17, 15) is 4.79 Å². The smallest absolute Gasteiger partial charge is 0.255 e. The van der Waals surface area contributed by atoms with Crippen LogP contribution in [0, 0.1) is 12.3 Å². The number of nitrogens with one attached hydrogen (secondary N) is 1. The van der Waals surface area contributed by atoms with Gasteiger partial charge in [-0.3, -0.25) is 4.79 Å². The van der Waals surface area contributed by atoms with Crippen molar-refractivity contribution >= 4 is 11.3 Å². The van der Waals surface area contributed by atoms with Crippen LogP contribution in [0.3, 0.4) is 0 Å². The van der Waals surface area contributed by atoms with E-state index >= 15 is 0 Å². The summed E-state index contributed by atoms with van der Waals surface area (Å²) in [5, 5.41) is 6.07. The van der Waals surface area contributed by atoms with Crippen molar-refractivity contribution in [3.05, 3.63) is 14.7 Å². The number of aromatic amines is 1. The van der Waals surface area contributed by atoms with Gasteiger partial charge in [-0.2, -0.15) is 5.10 Å². The molecule has 1 aromatic rings. The second-order valence-electron chi connectivity index (χ2n) is 1.06. The van der Waals surface area contributed by atoms with Crippen LogP contribution in [-0.4, -0.2) is 10.2 Å². The molecule has 0 saturated carbocycles. The quantitative estimate of drug-likeness (QED) is 0.490. The summed E-state index contributed by atoms with van der Waals surface area (Å²) in [6, 6.07) is 0. The van der Waals surface area contributed by atoms with Crippen LogP contribution in [0.25, 0.3) is 0 Å². The second kappa shape index (κ2) is 1.80. The van der Waals surface area contributed by atoms with E-state index < -0.39 is 0 Å². The first-order valence-electron chi connectivity index (χ1n) is 1.85. The molecule has 8 heavy (non-hydrogen) atoms. The maximum atomic E-state index is 10.3. The Balaban J connectivity index is 3.25. The molecule has 0 fully saturated rings.